The summed E-state index contributed by atoms with van der Waals surface area (Å²) >= 11 is 2.22. The maximum Gasteiger partial charge on any atom is 0.142 e. The topological polar surface area (TPSA) is 64.7 Å². The standard InChI is InChI=1S/C15H16INO3/c16-11-5-7-13(8-6-11)19-9-12(18)10-20-15-4-2-1-3-14(15)17/h1-8,12,18H,9-10,17H2. The van der Waals surface area contributed by atoms with Crippen LogP contribution in [0.2, 0.25) is 0 Å². The normalized spacial score (nSPS) is 11.9. The Labute approximate surface area is 131 Å². The Morgan fingerprint density at radius 2 is 1.65 bits per heavy atom. The minimum Gasteiger partial charge on any atom is -0.491 e. The van der Waals surface area contributed by atoms with Crippen molar-refractivity contribution in [2.45, 2.75) is 6.10 Å². The van der Waals surface area contributed by atoms with Crippen LogP contribution in [0.4, 0.5) is 5.69 Å². The third-order valence-corrected chi connectivity index (χ3v) is 3.33. The van der Waals surface area contributed by atoms with E-state index in [0.29, 0.717) is 11.4 Å². The lowest BCUT2D eigenvalue weighted by atomic mass is 10.3. The van der Waals surface area contributed by atoms with Crippen molar-refractivity contribution < 1.29 is 14.6 Å². The van der Waals surface area contributed by atoms with Gasteiger partial charge in [0.25, 0.3) is 0 Å². The third kappa shape index (κ3) is 4.57. The van der Waals surface area contributed by atoms with Crippen LogP contribution in [-0.2, 0) is 0 Å². The van der Waals surface area contributed by atoms with Gasteiger partial charge in [-0.05, 0) is 59.0 Å². The number of aliphatic hydroxyl groups excluding tert-OH is 1. The van der Waals surface area contributed by atoms with E-state index in [4.69, 9.17) is 15.2 Å². The molecule has 0 spiro atoms. The first-order valence-corrected chi connectivity index (χ1v) is 7.27. The van der Waals surface area contributed by atoms with Gasteiger partial charge >= 0.3 is 0 Å². The van der Waals surface area contributed by atoms with Gasteiger partial charge < -0.3 is 20.3 Å². The predicted molar refractivity (Wildman–Crippen MR) is 87.0 cm³/mol. The van der Waals surface area contributed by atoms with E-state index in [-0.39, 0.29) is 13.2 Å². The van der Waals surface area contributed by atoms with Crippen molar-refractivity contribution >= 4 is 28.3 Å². The molecule has 0 aliphatic rings. The minimum atomic E-state index is -0.714. The number of hydrogen-bond donors (Lipinski definition) is 2. The lowest BCUT2D eigenvalue weighted by Crippen LogP contribution is -2.25. The molecule has 0 bridgehead atoms. The highest BCUT2D eigenvalue weighted by Gasteiger charge is 2.08. The lowest BCUT2D eigenvalue weighted by molar-refractivity contribution is 0.0629. The molecular weight excluding hydrogens is 369 g/mol. The van der Waals surface area contributed by atoms with Crippen molar-refractivity contribution in [3.63, 3.8) is 0 Å². The molecule has 0 amide bonds. The van der Waals surface area contributed by atoms with E-state index in [1.54, 1.807) is 12.1 Å². The van der Waals surface area contributed by atoms with E-state index < -0.39 is 6.10 Å². The van der Waals surface area contributed by atoms with Crippen molar-refractivity contribution in [3.8, 4) is 11.5 Å². The minimum absolute atomic E-state index is 0.137. The van der Waals surface area contributed by atoms with Gasteiger partial charge in [0.1, 0.15) is 30.8 Å². The van der Waals surface area contributed by atoms with Crippen molar-refractivity contribution in [2.24, 2.45) is 0 Å². The molecule has 1 atom stereocenters. The Bertz CT molecular complexity index is 545. The van der Waals surface area contributed by atoms with Crippen molar-refractivity contribution in [3.05, 3.63) is 52.1 Å². The van der Waals surface area contributed by atoms with Gasteiger partial charge in [-0.1, -0.05) is 12.1 Å². The zero-order chi connectivity index (χ0) is 14.4. The molecule has 0 heterocycles. The molecule has 20 heavy (non-hydrogen) atoms. The van der Waals surface area contributed by atoms with E-state index in [0.717, 1.165) is 9.32 Å². The molecular formula is C15H16INO3. The summed E-state index contributed by atoms with van der Waals surface area (Å²) in [4.78, 5) is 0. The predicted octanol–water partition coefficient (Wildman–Crippen LogP) is 2.69. The summed E-state index contributed by atoms with van der Waals surface area (Å²) in [5.41, 5.74) is 6.30. The highest BCUT2D eigenvalue weighted by molar-refractivity contribution is 14.1. The summed E-state index contributed by atoms with van der Waals surface area (Å²) in [6, 6.07) is 14.8. The van der Waals surface area contributed by atoms with Gasteiger partial charge in [-0.3, -0.25) is 0 Å². The number of nitrogens with two attached hydrogens (primary N) is 1. The third-order valence-electron chi connectivity index (χ3n) is 2.61. The van der Waals surface area contributed by atoms with Crippen molar-refractivity contribution in [2.75, 3.05) is 18.9 Å². The molecule has 0 aliphatic carbocycles. The van der Waals surface area contributed by atoms with Crippen LogP contribution in [0.25, 0.3) is 0 Å². The van der Waals surface area contributed by atoms with Crippen LogP contribution in [0.1, 0.15) is 0 Å². The summed E-state index contributed by atoms with van der Waals surface area (Å²) < 4.78 is 12.1. The molecule has 0 fully saturated rings. The number of anilines is 1. The molecule has 2 rings (SSSR count). The zero-order valence-electron chi connectivity index (χ0n) is 10.8. The average molecular weight is 385 g/mol. The number of para-hydroxylation sites is 2. The van der Waals surface area contributed by atoms with E-state index in [1.807, 2.05) is 36.4 Å². The van der Waals surface area contributed by atoms with Crippen LogP contribution >= 0.6 is 22.6 Å². The van der Waals surface area contributed by atoms with Crippen LogP contribution in [0, 0.1) is 3.57 Å². The quantitative estimate of drug-likeness (QED) is 0.593. The maximum atomic E-state index is 9.82. The summed E-state index contributed by atoms with van der Waals surface area (Å²) in [6.45, 7) is 0.311. The SMILES string of the molecule is Nc1ccccc1OCC(O)COc1ccc(I)cc1. The van der Waals surface area contributed by atoms with E-state index in [9.17, 15) is 5.11 Å². The molecule has 2 aromatic carbocycles. The first kappa shape index (κ1) is 14.9. The average Bonchev–Trinajstić information content (AvgIpc) is 2.46. The van der Waals surface area contributed by atoms with Gasteiger partial charge in [-0.15, -0.1) is 0 Å². The second-order valence-electron chi connectivity index (χ2n) is 4.27. The van der Waals surface area contributed by atoms with Gasteiger partial charge in [0.2, 0.25) is 0 Å². The molecule has 4 nitrogen and oxygen atoms in total. The van der Waals surface area contributed by atoms with Gasteiger partial charge in [0.05, 0.1) is 5.69 Å². The highest BCUT2D eigenvalue weighted by atomic mass is 127. The van der Waals surface area contributed by atoms with E-state index in [2.05, 4.69) is 22.6 Å². The second kappa shape index (κ2) is 7.35. The highest BCUT2D eigenvalue weighted by Crippen LogP contribution is 2.20. The first-order valence-electron chi connectivity index (χ1n) is 6.19. The molecule has 0 saturated carbocycles. The Morgan fingerprint density at radius 1 is 1.00 bits per heavy atom. The van der Waals surface area contributed by atoms with Crippen molar-refractivity contribution in [1.82, 2.24) is 0 Å². The molecule has 0 radical (unpaired) electrons. The Morgan fingerprint density at radius 3 is 2.35 bits per heavy atom. The molecule has 0 saturated heterocycles. The molecule has 0 aliphatic heterocycles. The van der Waals surface area contributed by atoms with Crippen LogP contribution in [0.3, 0.4) is 0 Å². The summed E-state index contributed by atoms with van der Waals surface area (Å²) in [7, 11) is 0. The Balaban J connectivity index is 1.77. The van der Waals surface area contributed by atoms with Gasteiger partial charge in [0.15, 0.2) is 0 Å². The van der Waals surface area contributed by atoms with Crippen LogP contribution < -0.4 is 15.2 Å². The molecule has 1 unspecified atom stereocenters. The van der Waals surface area contributed by atoms with Gasteiger partial charge in [0, 0.05) is 3.57 Å². The molecule has 3 N–H and O–H groups in total. The fourth-order valence-corrected chi connectivity index (χ4v) is 1.93. The summed E-state index contributed by atoms with van der Waals surface area (Å²) in [6.07, 6.45) is -0.714. The Kier molecular flexibility index (Phi) is 5.49. The molecule has 106 valence electrons. The van der Waals surface area contributed by atoms with Gasteiger partial charge in [-0.25, -0.2) is 0 Å². The molecule has 5 heteroatoms. The van der Waals surface area contributed by atoms with Gasteiger partial charge in [-0.2, -0.15) is 0 Å². The van der Waals surface area contributed by atoms with Crippen LogP contribution in [0.15, 0.2) is 48.5 Å². The number of halogens is 1. The number of rotatable bonds is 6. The van der Waals surface area contributed by atoms with E-state index in [1.165, 1.54) is 0 Å². The number of benzene rings is 2. The molecule has 2 aromatic rings. The molecule has 0 aromatic heterocycles. The number of nitrogen functional groups attached to an aromatic ring is 1. The summed E-state index contributed by atoms with van der Waals surface area (Å²) in [5.74, 6) is 1.30. The zero-order valence-corrected chi connectivity index (χ0v) is 13.0. The number of ether oxygens (including phenoxy) is 2. The second-order valence-corrected chi connectivity index (χ2v) is 5.51. The Hall–Kier alpha value is -1.47. The first-order chi connectivity index (χ1) is 9.65. The number of hydrogen-bond acceptors (Lipinski definition) is 4. The summed E-state index contributed by atoms with van der Waals surface area (Å²) in [5, 5.41) is 9.82. The fourth-order valence-electron chi connectivity index (χ4n) is 1.57. The monoisotopic (exact) mass is 385 g/mol. The smallest absolute Gasteiger partial charge is 0.142 e. The number of aliphatic hydroxyl groups is 1. The fraction of sp³-hybridized carbons (Fsp3) is 0.200. The largest absolute Gasteiger partial charge is 0.491 e. The van der Waals surface area contributed by atoms with Crippen LogP contribution in [0.5, 0.6) is 11.5 Å². The van der Waals surface area contributed by atoms with Crippen LogP contribution in [-0.4, -0.2) is 24.4 Å². The van der Waals surface area contributed by atoms with E-state index >= 15 is 0 Å². The maximum absolute atomic E-state index is 9.82. The van der Waals surface area contributed by atoms with Crippen molar-refractivity contribution in [1.29, 1.82) is 0 Å². The lowest BCUT2D eigenvalue weighted by Gasteiger charge is -2.14.